The highest BCUT2D eigenvalue weighted by Crippen LogP contribution is 2.36. The van der Waals surface area contributed by atoms with Crippen LogP contribution in [-0.2, 0) is 23.7 Å². The first kappa shape index (κ1) is 29.1. The molecule has 11 heteroatoms. The molecule has 1 aliphatic rings. The van der Waals surface area contributed by atoms with Gasteiger partial charge in [-0.15, -0.1) is 11.3 Å². The van der Waals surface area contributed by atoms with Crippen LogP contribution < -0.4 is 5.32 Å². The van der Waals surface area contributed by atoms with Crippen LogP contribution in [0.1, 0.15) is 64.1 Å². The smallest absolute Gasteiger partial charge is 0.351 e. The minimum atomic E-state index is -4.95. The highest BCUT2D eigenvalue weighted by Gasteiger charge is 2.37. The number of likely N-dealkylation sites (tertiary alicyclic amines) is 1. The van der Waals surface area contributed by atoms with Crippen molar-refractivity contribution in [2.45, 2.75) is 56.9 Å². The molecule has 1 N–H and O–H groups in total. The van der Waals surface area contributed by atoms with Crippen LogP contribution in [0, 0.1) is 6.92 Å². The molecular weight excluding hydrogens is 540 g/mol. The Morgan fingerprint density at radius 1 is 1.03 bits per heavy atom. The molecule has 3 aromatic rings. The highest BCUT2D eigenvalue weighted by atomic mass is 32.1. The fourth-order valence-electron chi connectivity index (χ4n) is 4.91. The summed E-state index contributed by atoms with van der Waals surface area (Å²) in [5, 5.41) is 5.09. The topological polar surface area (TPSA) is 45.2 Å². The monoisotopic (exact) mass is 569 g/mol. The van der Waals surface area contributed by atoms with Crippen molar-refractivity contribution in [2.24, 2.45) is 0 Å². The molecule has 2 heterocycles. The molecule has 0 spiro atoms. The number of thiazole rings is 1. The number of carbonyl (C=O) groups excluding carboxylic acids is 1. The van der Waals surface area contributed by atoms with E-state index in [0.29, 0.717) is 36.7 Å². The van der Waals surface area contributed by atoms with E-state index in [1.165, 1.54) is 16.9 Å². The lowest BCUT2D eigenvalue weighted by Crippen LogP contribution is -2.36. The Hall–Kier alpha value is -2.92. The van der Waals surface area contributed by atoms with E-state index in [4.69, 9.17) is 0 Å². The number of nitrogens with one attached hydrogen (secondary N) is 1. The van der Waals surface area contributed by atoms with Crippen molar-refractivity contribution in [2.75, 3.05) is 19.6 Å². The summed E-state index contributed by atoms with van der Waals surface area (Å²) in [6.45, 7) is 3.70. The maximum absolute atomic E-state index is 13.2. The first-order valence-electron chi connectivity index (χ1n) is 12.7. The number of halogens is 6. The number of hydrogen-bond acceptors (Lipinski definition) is 4. The summed E-state index contributed by atoms with van der Waals surface area (Å²) in [6.07, 6.45) is -7.48. The molecule has 1 atom stereocenters. The first-order valence-corrected chi connectivity index (χ1v) is 13.5. The lowest BCUT2D eigenvalue weighted by atomic mass is 9.89. The predicted octanol–water partition coefficient (Wildman–Crippen LogP) is 7.16. The van der Waals surface area contributed by atoms with Gasteiger partial charge in [0.2, 0.25) is 5.91 Å². The van der Waals surface area contributed by atoms with Crippen molar-refractivity contribution in [1.82, 2.24) is 15.2 Å². The van der Waals surface area contributed by atoms with Gasteiger partial charge in [-0.25, -0.2) is 4.98 Å². The summed E-state index contributed by atoms with van der Waals surface area (Å²) in [4.78, 5) is 19.9. The van der Waals surface area contributed by atoms with Crippen LogP contribution in [0.3, 0.4) is 0 Å². The third-order valence-electron chi connectivity index (χ3n) is 7.02. The van der Waals surface area contributed by atoms with Crippen molar-refractivity contribution in [3.8, 4) is 0 Å². The Labute approximate surface area is 227 Å². The third kappa shape index (κ3) is 7.82. The van der Waals surface area contributed by atoms with Gasteiger partial charge in [-0.2, -0.15) is 26.3 Å². The summed E-state index contributed by atoms with van der Waals surface area (Å²) >= 11 is 1.38. The molecule has 4 nitrogen and oxygen atoms in total. The molecule has 0 aliphatic carbocycles. The lowest BCUT2D eigenvalue weighted by molar-refractivity contribution is -0.143. The Bertz CT molecular complexity index is 1220. The second-order valence-electron chi connectivity index (χ2n) is 9.79. The number of aryl methyl sites for hydroxylation is 1. The zero-order chi connectivity index (χ0) is 28.2. The Morgan fingerprint density at radius 2 is 1.64 bits per heavy atom. The number of nitrogens with zero attached hydrogens (tertiary/aromatic N) is 2. The second-order valence-corrected chi connectivity index (χ2v) is 10.9. The molecule has 1 amide bonds. The van der Waals surface area contributed by atoms with Crippen LogP contribution in [0.2, 0.25) is 0 Å². The molecule has 1 unspecified atom stereocenters. The minimum absolute atomic E-state index is 0.0765. The lowest BCUT2D eigenvalue weighted by Gasteiger charge is -2.32. The molecule has 210 valence electrons. The van der Waals surface area contributed by atoms with Crippen LogP contribution in [0.15, 0.2) is 53.9 Å². The molecule has 39 heavy (non-hydrogen) atoms. The Morgan fingerprint density at radius 3 is 2.18 bits per heavy atom. The van der Waals surface area contributed by atoms with E-state index in [9.17, 15) is 31.1 Å². The number of piperidine rings is 1. The molecule has 1 aromatic heterocycles. The first-order chi connectivity index (χ1) is 18.4. The standard InChI is InChI=1S/C28H29F6N3OS/c1-18-36-25(17-39-18)24(9-12-37-10-7-21(8-11-37)20-5-3-2-4-6-20)26(38)35-16-19-13-22(27(29,30)31)15-23(14-19)28(32,33)34/h2-6,13-15,17,21,24H,7-12,16H2,1H3,(H,35,38). The SMILES string of the molecule is Cc1nc(C(CCN2CCC(c3ccccc3)CC2)C(=O)NCc2cc(C(F)(F)F)cc(C(F)(F)F)c2)cs1. The van der Waals surface area contributed by atoms with E-state index in [1.807, 2.05) is 18.2 Å². The van der Waals surface area contributed by atoms with Gasteiger partial charge in [0.1, 0.15) is 0 Å². The number of aromatic nitrogens is 1. The maximum Gasteiger partial charge on any atom is 0.416 e. The molecule has 1 saturated heterocycles. The van der Waals surface area contributed by atoms with Gasteiger partial charge in [0.15, 0.2) is 0 Å². The van der Waals surface area contributed by atoms with Crippen molar-refractivity contribution in [1.29, 1.82) is 0 Å². The Kier molecular flexibility index (Phi) is 9.00. The van der Waals surface area contributed by atoms with E-state index in [2.05, 4.69) is 27.3 Å². The fraction of sp³-hybridized carbons (Fsp3) is 0.429. The summed E-state index contributed by atoms with van der Waals surface area (Å²) in [7, 11) is 0. The van der Waals surface area contributed by atoms with Crippen molar-refractivity contribution in [3.63, 3.8) is 0 Å². The summed E-state index contributed by atoms with van der Waals surface area (Å²) in [5.74, 6) is -0.670. The molecule has 4 rings (SSSR count). The minimum Gasteiger partial charge on any atom is -0.351 e. The van der Waals surface area contributed by atoms with Crippen molar-refractivity contribution in [3.05, 3.63) is 86.9 Å². The largest absolute Gasteiger partial charge is 0.416 e. The van der Waals surface area contributed by atoms with E-state index in [-0.39, 0.29) is 11.6 Å². The Balaban J connectivity index is 1.41. The summed E-state index contributed by atoms with van der Waals surface area (Å²) in [5.41, 5.74) is -1.23. The zero-order valence-electron chi connectivity index (χ0n) is 21.3. The normalized spacial score (nSPS) is 16.3. The van der Waals surface area contributed by atoms with Crippen molar-refractivity contribution < 1.29 is 31.1 Å². The van der Waals surface area contributed by atoms with Gasteiger partial charge in [-0.1, -0.05) is 30.3 Å². The molecular formula is C28H29F6N3OS. The second kappa shape index (κ2) is 12.1. The summed E-state index contributed by atoms with van der Waals surface area (Å²) < 4.78 is 79.3. The summed E-state index contributed by atoms with van der Waals surface area (Å²) in [6, 6.07) is 11.7. The van der Waals surface area contributed by atoms with E-state index < -0.39 is 41.8 Å². The van der Waals surface area contributed by atoms with Gasteiger partial charge in [0.05, 0.1) is 27.7 Å². The number of benzene rings is 2. The molecule has 0 radical (unpaired) electrons. The molecule has 0 bridgehead atoms. The van der Waals surface area contributed by atoms with E-state index in [0.717, 1.165) is 30.9 Å². The van der Waals surface area contributed by atoms with Gasteiger partial charge >= 0.3 is 12.4 Å². The van der Waals surface area contributed by atoms with Gasteiger partial charge in [-0.05, 0) is 81.1 Å². The number of carbonyl (C=O) groups is 1. The number of alkyl halides is 6. The van der Waals surface area contributed by atoms with Crippen LogP contribution in [0.4, 0.5) is 26.3 Å². The van der Waals surface area contributed by atoms with Gasteiger partial charge in [0.25, 0.3) is 0 Å². The molecule has 1 aliphatic heterocycles. The maximum atomic E-state index is 13.2. The number of rotatable bonds is 8. The number of hydrogen-bond donors (Lipinski definition) is 1. The quantitative estimate of drug-likeness (QED) is 0.293. The third-order valence-corrected chi connectivity index (χ3v) is 7.81. The van der Waals surface area contributed by atoms with Gasteiger partial charge in [-0.3, -0.25) is 4.79 Å². The van der Waals surface area contributed by atoms with Crippen LogP contribution in [-0.4, -0.2) is 35.4 Å². The van der Waals surface area contributed by atoms with E-state index in [1.54, 1.807) is 12.3 Å². The molecule has 0 saturated carbocycles. The average Bonchev–Trinajstić information content (AvgIpc) is 3.33. The van der Waals surface area contributed by atoms with Crippen LogP contribution >= 0.6 is 11.3 Å². The average molecular weight is 570 g/mol. The van der Waals surface area contributed by atoms with Crippen LogP contribution in [0.25, 0.3) is 0 Å². The predicted molar refractivity (Wildman–Crippen MR) is 137 cm³/mol. The number of amides is 1. The van der Waals surface area contributed by atoms with Crippen molar-refractivity contribution >= 4 is 17.2 Å². The zero-order valence-corrected chi connectivity index (χ0v) is 22.1. The molecule has 2 aromatic carbocycles. The van der Waals surface area contributed by atoms with Crippen LogP contribution in [0.5, 0.6) is 0 Å². The van der Waals surface area contributed by atoms with E-state index >= 15 is 0 Å². The highest BCUT2D eigenvalue weighted by molar-refractivity contribution is 7.09. The van der Waals surface area contributed by atoms with Gasteiger partial charge < -0.3 is 10.2 Å². The fourth-order valence-corrected chi connectivity index (χ4v) is 5.58. The molecule has 1 fully saturated rings. The van der Waals surface area contributed by atoms with Gasteiger partial charge in [0, 0.05) is 11.9 Å².